The summed E-state index contributed by atoms with van der Waals surface area (Å²) in [6.07, 6.45) is 9.80. The van der Waals surface area contributed by atoms with Gasteiger partial charge in [-0.2, -0.15) is 5.10 Å². The zero-order valence-electron chi connectivity index (χ0n) is 16.0. The van der Waals surface area contributed by atoms with Crippen LogP contribution in [0.5, 0.6) is 0 Å². The summed E-state index contributed by atoms with van der Waals surface area (Å²) in [6, 6.07) is 4.17. The second kappa shape index (κ2) is 8.90. The summed E-state index contributed by atoms with van der Waals surface area (Å²) in [5.74, 6) is 2.21. The lowest BCUT2D eigenvalue weighted by Gasteiger charge is -2.15. The fourth-order valence-electron chi connectivity index (χ4n) is 2.73. The lowest BCUT2D eigenvalue weighted by atomic mass is 10.2. The van der Waals surface area contributed by atoms with Gasteiger partial charge in [-0.15, -0.1) is 6.42 Å². The maximum absolute atomic E-state index is 11.8. The van der Waals surface area contributed by atoms with Crippen LogP contribution in [0.1, 0.15) is 36.8 Å². The van der Waals surface area contributed by atoms with Crippen molar-refractivity contribution in [2.75, 3.05) is 13.2 Å². The predicted molar refractivity (Wildman–Crippen MR) is 103 cm³/mol. The van der Waals surface area contributed by atoms with Crippen molar-refractivity contribution in [2.24, 2.45) is 0 Å². The number of rotatable bonds is 7. The van der Waals surface area contributed by atoms with Gasteiger partial charge in [0.15, 0.2) is 6.61 Å². The highest BCUT2D eigenvalue weighted by Gasteiger charge is 2.14. The van der Waals surface area contributed by atoms with E-state index >= 15 is 0 Å². The molecule has 27 heavy (non-hydrogen) atoms. The highest BCUT2D eigenvalue weighted by Crippen LogP contribution is 2.23. The van der Waals surface area contributed by atoms with Crippen LogP contribution >= 0.6 is 0 Å². The Labute approximate surface area is 159 Å². The number of aromatic nitrogens is 3. The van der Waals surface area contributed by atoms with Gasteiger partial charge in [0.1, 0.15) is 5.82 Å². The third-order valence-electron chi connectivity index (χ3n) is 3.97. The molecule has 7 heteroatoms. The van der Waals surface area contributed by atoms with Crippen molar-refractivity contribution in [3.05, 3.63) is 41.4 Å². The number of nitrogens with one attached hydrogen (secondary N) is 1. The number of hydrogen-bond acceptors (Lipinski definition) is 4. The molecular formula is C20H24N4O3. The molecule has 2 heterocycles. The molecular weight excluding hydrogens is 344 g/mol. The minimum Gasteiger partial charge on any atom is -0.452 e. The minimum absolute atomic E-state index is 0.102. The van der Waals surface area contributed by atoms with Crippen LogP contribution in [0.25, 0.3) is 11.9 Å². The first-order valence-corrected chi connectivity index (χ1v) is 8.63. The van der Waals surface area contributed by atoms with Crippen molar-refractivity contribution in [3.63, 3.8) is 0 Å². The summed E-state index contributed by atoms with van der Waals surface area (Å²) in [4.78, 5) is 23.2. The van der Waals surface area contributed by atoms with E-state index in [1.54, 1.807) is 12.3 Å². The van der Waals surface area contributed by atoms with Crippen molar-refractivity contribution < 1.29 is 14.3 Å². The Morgan fingerprint density at radius 2 is 2.15 bits per heavy atom. The average molecular weight is 368 g/mol. The van der Waals surface area contributed by atoms with Gasteiger partial charge in [0.25, 0.3) is 5.91 Å². The summed E-state index contributed by atoms with van der Waals surface area (Å²) < 4.78 is 8.92. The van der Waals surface area contributed by atoms with Gasteiger partial charge in [0.05, 0.1) is 12.7 Å². The molecule has 7 nitrogen and oxygen atoms in total. The molecule has 0 bridgehead atoms. The molecule has 0 aliphatic carbocycles. The molecule has 142 valence electrons. The van der Waals surface area contributed by atoms with Crippen LogP contribution in [0, 0.1) is 26.2 Å². The van der Waals surface area contributed by atoms with Gasteiger partial charge in [0.2, 0.25) is 0 Å². The van der Waals surface area contributed by atoms with Gasteiger partial charge in [-0.3, -0.25) is 4.79 Å². The van der Waals surface area contributed by atoms with E-state index in [1.165, 1.54) is 6.08 Å². The maximum Gasteiger partial charge on any atom is 0.331 e. The molecule has 2 rings (SSSR count). The number of terminal acetylenes is 1. The molecule has 0 aliphatic rings. The van der Waals surface area contributed by atoms with Gasteiger partial charge in [-0.25, -0.2) is 9.48 Å². The van der Waals surface area contributed by atoms with Crippen molar-refractivity contribution >= 4 is 18.0 Å². The van der Waals surface area contributed by atoms with E-state index in [2.05, 4.69) is 34.8 Å². The molecule has 2 aromatic heterocycles. The molecule has 0 aromatic carbocycles. The average Bonchev–Trinajstić information content (AvgIpc) is 3.20. The summed E-state index contributed by atoms with van der Waals surface area (Å²) >= 11 is 0. The van der Waals surface area contributed by atoms with Gasteiger partial charge in [-0.05, 0) is 45.4 Å². The predicted octanol–water partition coefficient (Wildman–Crippen LogP) is 2.18. The third kappa shape index (κ3) is 4.88. The van der Waals surface area contributed by atoms with Crippen molar-refractivity contribution in [2.45, 2.75) is 33.7 Å². The van der Waals surface area contributed by atoms with Crippen LogP contribution in [0.2, 0.25) is 0 Å². The number of esters is 1. The SMILES string of the molecule is C#CCNC(=O)COC(=O)/C=C/c1cc(C)n(-c2ccnn2C(C)C)c1C. The number of ether oxygens (including phenoxy) is 1. The van der Waals surface area contributed by atoms with Crippen LogP contribution in [0.4, 0.5) is 0 Å². The first-order valence-electron chi connectivity index (χ1n) is 8.63. The molecule has 1 N–H and O–H groups in total. The van der Waals surface area contributed by atoms with Gasteiger partial charge < -0.3 is 14.6 Å². The van der Waals surface area contributed by atoms with E-state index < -0.39 is 11.9 Å². The Balaban J connectivity index is 2.11. The zero-order chi connectivity index (χ0) is 20.0. The van der Waals surface area contributed by atoms with Crippen molar-refractivity contribution in [1.29, 1.82) is 0 Å². The summed E-state index contributed by atoms with van der Waals surface area (Å²) in [6.45, 7) is 7.85. The van der Waals surface area contributed by atoms with E-state index in [1.807, 2.05) is 30.7 Å². The lowest BCUT2D eigenvalue weighted by molar-refractivity contribution is -0.143. The van der Waals surface area contributed by atoms with Crippen molar-refractivity contribution in [3.8, 4) is 18.2 Å². The van der Waals surface area contributed by atoms with E-state index in [0.29, 0.717) is 0 Å². The van der Waals surface area contributed by atoms with Crippen molar-refractivity contribution in [1.82, 2.24) is 19.7 Å². The van der Waals surface area contributed by atoms with E-state index in [0.717, 1.165) is 22.8 Å². The van der Waals surface area contributed by atoms with Gasteiger partial charge >= 0.3 is 5.97 Å². The highest BCUT2D eigenvalue weighted by molar-refractivity contribution is 5.89. The smallest absolute Gasteiger partial charge is 0.331 e. The second-order valence-electron chi connectivity index (χ2n) is 6.31. The number of hydrogen-bond donors (Lipinski definition) is 1. The molecule has 0 radical (unpaired) electrons. The maximum atomic E-state index is 11.8. The summed E-state index contributed by atoms with van der Waals surface area (Å²) in [5, 5.41) is 6.80. The first-order chi connectivity index (χ1) is 12.8. The molecule has 0 unspecified atom stereocenters. The Kier molecular flexibility index (Phi) is 6.61. The highest BCUT2D eigenvalue weighted by atomic mass is 16.5. The Bertz CT molecular complexity index is 897. The quantitative estimate of drug-likeness (QED) is 0.462. The topological polar surface area (TPSA) is 78.2 Å². The summed E-state index contributed by atoms with van der Waals surface area (Å²) in [7, 11) is 0. The fourth-order valence-corrected chi connectivity index (χ4v) is 2.73. The van der Waals surface area contributed by atoms with Crippen LogP contribution in [-0.4, -0.2) is 39.4 Å². The Hall–Kier alpha value is -3.27. The van der Waals surface area contributed by atoms with E-state index in [9.17, 15) is 9.59 Å². The largest absolute Gasteiger partial charge is 0.452 e. The normalized spacial score (nSPS) is 11.0. The lowest BCUT2D eigenvalue weighted by Crippen LogP contribution is -2.28. The molecule has 0 saturated heterocycles. The van der Waals surface area contributed by atoms with Gasteiger partial charge in [-0.1, -0.05) is 5.92 Å². The minimum atomic E-state index is -0.595. The Morgan fingerprint density at radius 1 is 1.41 bits per heavy atom. The molecule has 1 amide bonds. The number of carbonyl (C=O) groups excluding carboxylic acids is 2. The first kappa shape index (κ1) is 20.0. The number of nitrogens with zero attached hydrogens (tertiary/aromatic N) is 3. The Morgan fingerprint density at radius 3 is 2.81 bits per heavy atom. The molecule has 0 aliphatic heterocycles. The van der Waals surface area contributed by atoms with Gasteiger partial charge in [0, 0.05) is 29.6 Å². The third-order valence-corrected chi connectivity index (χ3v) is 3.97. The molecule has 0 spiro atoms. The molecule has 0 saturated carbocycles. The monoisotopic (exact) mass is 368 g/mol. The summed E-state index contributed by atoms with van der Waals surface area (Å²) in [5.41, 5.74) is 2.89. The molecule has 2 aromatic rings. The van der Waals surface area contributed by atoms with Crippen LogP contribution in [-0.2, 0) is 14.3 Å². The number of carbonyl (C=O) groups is 2. The van der Waals surface area contributed by atoms with Crippen LogP contribution in [0.3, 0.4) is 0 Å². The fraction of sp³-hybridized carbons (Fsp3) is 0.350. The van der Waals surface area contributed by atoms with Crippen LogP contribution < -0.4 is 5.32 Å². The van der Waals surface area contributed by atoms with Crippen LogP contribution in [0.15, 0.2) is 24.4 Å². The number of aryl methyl sites for hydroxylation is 1. The molecule has 0 atom stereocenters. The molecule has 0 fully saturated rings. The number of amides is 1. The van der Waals surface area contributed by atoms with E-state index in [-0.39, 0.29) is 19.2 Å². The van der Waals surface area contributed by atoms with E-state index in [4.69, 9.17) is 11.2 Å². The zero-order valence-corrected chi connectivity index (χ0v) is 16.0. The second-order valence-corrected chi connectivity index (χ2v) is 6.31. The standard InChI is InChI=1S/C20H24N4O3/c1-6-10-21-18(25)13-27-20(26)8-7-17-12-15(4)23(16(17)5)19-9-11-22-24(19)14(2)3/h1,7-9,11-12,14H,10,13H2,2-5H3,(H,21,25)/b8-7+.